The highest BCUT2D eigenvalue weighted by atomic mass is 32.2. The molecular weight excluding hydrogens is 482 g/mol. The summed E-state index contributed by atoms with van der Waals surface area (Å²) in [6.45, 7) is 4.57. The van der Waals surface area contributed by atoms with Crippen molar-refractivity contribution in [1.82, 2.24) is 15.1 Å². The van der Waals surface area contributed by atoms with Crippen LogP contribution in [0.25, 0.3) is 10.8 Å². The number of hydrogen-bond donors (Lipinski definition) is 2. The lowest BCUT2D eigenvalue weighted by Gasteiger charge is -2.32. The molecule has 192 valence electrons. The third-order valence-electron chi connectivity index (χ3n) is 6.67. The number of fused-ring (bicyclic) bond motifs is 2. The van der Waals surface area contributed by atoms with Gasteiger partial charge in [0, 0.05) is 41.9 Å². The number of aliphatic carboxylic acids is 1. The molecule has 2 aliphatic rings. The predicted molar refractivity (Wildman–Crippen MR) is 136 cm³/mol. The number of hydrogen-bond acceptors (Lipinski definition) is 6. The number of benzene rings is 2. The summed E-state index contributed by atoms with van der Waals surface area (Å²) in [5.74, 6) is -1.29. The molecule has 3 amide bonds. The van der Waals surface area contributed by atoms with Gasteiger partial charge in [-0.3, -0.25) is 33.6 Å². The molecule has 2 atom stereocenters. The maximum absolute atomic E-state index is 13.2. The molecule has 9 nitrogen and oxygen atoms in total. The molecule has 10 heteroatoms. The second-order valence-corrected chi connectivity index (χ2v) is 11.4. The first-order valence-corrected chi connectivity index (χ1v) is 13.7. The number of nitrogens with zero attached hydrogens (tertiary/aromatic N) is 2. The second kappa shape index (κ2) is 10.9. The Bertz CT molecular complexity index is 1160. The molecule has 1 fully saturated rings. The molecule has 0 radical (unpaired) electrons. The lowest BCUT2D eigenvalue weighted by Crippen LogP contribution is -2.55. The Morgan fingerprint density at radius 2 is 1.56 bits per heavy atom. The fourth-order valence-corrected chi connectivity index (χ4v) is 5.80. The Morgan fingerprint density at radius 1 is 1.00 bits per heavy atom. The summed E-state index contributed by atoms with van der Waals surface area (Å²) in [4.78, 5) is 54.0. The highest BCUT2D eigenvalue weighted by Gasteiger charge is 2.37. The number of carboxylic acid groups (broad SMARTS) is 1. The topological polar surface area (TPSA) is 124 Å². The zero-order chi connectivity index (χ0) is 26.0. The molecule has 1 saturated heterocycles. The van der Waals surface area contributed by atoms with Crippen LogP contribution in [0.15, 0.2) is 36.4 Å². The van der Waals surface area contributed by atoms with E-state index in [1.165, 1.54) is 0 Å². The molecule has 2 aromatic carbocycles. The largest absolute Gasteiger partial charge is 0.480 e. The zero-order valence-electron chi connectivity index (χ0n) is 20.4. The standard InChI is InChI=1S/C26H31N3O6S/c1-16(2)13-22(25(32)28-9-11-36(35)12-10-28)27-21(26(33)34)7-8-29-23(30)19-14-17-5-3-4-6-18(17)15-20(19)24(29)31/h3-6,14-16,21-22,27H,7-13H2,1-2H3,(H,33,34)/t21-,22+/m1/s1. The molecule has 36 heavy (non-hydrogen) atoms. The van der Waals surface area contributed by atoms with Gasteiger partial charge in [0.05, 0.1) is 17.2 Å². The van der Waals surface area contributed by atoms with Crippen LogP contribution in [0, 0.1) is 5.92 Å². The number of carboxylic acids is 1. The van der Waals surface area contributed by atoms with Gasteiger partial charge in [0.1, 0.15) is 6.04 Å². The van der Waals surface area contributed by atoms with Crippen LogP contribution in [-0.2, 0) is 20.4 Å². The first-order valence-electron chi connectivity index (χ1n) is 12.2. The Kier molecular flexibility index (Phi) is 7.85. The number of amides is 3. The quantitative estimate of drug-likeness (QED) is 0.491. The summed E-state index contributed by atoms with van der Waals surface area (Å²) in [6, 6.07) is 8.98. The minimum Gasteiger partial charge on any atom is -0.480 e. The summed E-state index contributed by atoms with van der Waals surface area (Å²) in [5.41, 5.74) is 0.628. The van der Waals surface area contributed by atoms with E-state index in [2.05, 4.69) is 5.32 Å². The van der Waals surface area contributed by atoms with Crippen LogP contribution in [0.2, 0.25) is 0 Å². The van der Waals surface area contributed by atoms with Crippen molar-refractivity contribution in [2.45, 2.75) is 38.8 Å². The highest BCUT2D eigenvalue weighted by molar-refractivity contribution is 7.85. The van der Waals surface area contributed by atoms with Crippen molar-refractivity contribution in [3.05, 3.63) is 47.5 Å². The van der Waals surface area contributed by atoms with Gasteiger partial charge in [0.2, 0.25) is 5.91 Å². The van der Waals surface area contributed by atoms with Crippen molar-refractivity contribution in [2.24, 2.45) is 5.92 Å². The van der Waals surface area contributed by atoms with E-state index in [0.717, 1.165) is 15.7 Å². The van der Waals surface area contributed by atoms with Crippen molar-refractivity contribution in [3.8, 4) is 0 Å². The van der Waals surface area contributed by atoms with E-state index in [0.29, 0.717) is 42.1 Å². The molecule has 0 aromatic heterocycles. The van der Waals surface area contributed by atoms with Crippen LogP contribution >= 0.6 is 0 Å². The normalized spacial score (nSPS) is 18.1. The van der Waals surface area contributed by atoms with Gasteiger partial charge < -0.3 is 10.0 Å². The summed E-state index contributed by atoms with van der Waals surface area (Å²) >= 11 is 0. The van der Waals surface area contributed by atoms with E-state index in [1.807, 2.05) is 38.1 Å². The molecule has 0 aliphatic carbocycles. The SMILES string of the molecule is CC(C)C[C@H](N[C@H](CCN1C(=O)c2cc3ccccc3cc2C1=O)C(=O)O)C(=O)N1CCS(=O)CC1. The van der Waals surface area contributed by atoms with Crippen molar-refractivity contribution in [1.29, 1.82) is 0 Å². The molecule has 2 heterocycles. The van der Waals surface area contributed by atoms with Crippen LogP contribution in [0.3, 0.4) is 0 Å². The number of imide groups is 1. The van der Waals surface area contributed by atoms with E-state index in [4.69, 9.17) is 0 Å². The second-order valence-electron chi connectivity index (χ2n) is 9.71. The van der Waals surface area contributed by atoms with Crippen LogP contribution < -0.4 is 5.32 Å². The first kappa shape index (κ1) is 26.0. The summed E-state index contributed by atoms with van der Waals surface area (Å²) < 4.78 is 11.7. The maximum Gasteiger partial charge on any atom is 0.320 e. The Morgan fingerprint density at radius 3 is 2.06 bits per heavy atom. The molecule has 2 N–H and O–H groups in total. The average molecular weight is 514 g/mol. The Balaban J connectivity index is 1.46. The number of rotatable bonds is 9. The smallest absolute Gasteiger partial charge is 0.320 e. The van der Waals surface area contributed by atoms with Gasteiger partial charge in [-0.05, 0) is 41.7 Å². The van der Waals surface area contributed by atoms with Crippen LogP contribution in [0.5, 0.6) is 0 Å². The third-order valence-corrected chi connectivity index (χ3v) is 7.95. The monoisotopic (exact) mass is 513 g/mol. The highest BCUT2D eigenvalue weighted by Crippen LogP contribution is 2.28. The van der Waals surface area contributed by atoms with E-state index in [-0.39, 0.29) is 24.8 Å². The van der Waals surface area contributed by atoms with Gasteiger partial charge in [-0.15, -0.1) is 0 Å². The molecular formula is C26H31N3O6S. The van der Waals surface area contributed by atoms with Crippen molar-refractivity contribution < 1.29 is 28.5 Å². The Labute approximate surface area is 212 Å². The van der Waals surface area contributed by atoms with Gasteiger partial charge in [0.15, 0.2) is 0 Å². The van der Waals surface area contributed by atoms with Gasteiger partial charge >= 0.3 is 5.97 Å². The van der Waals surface area contributed by atoms with Crippen molar-refractivity contribution in [3.63, 3.8) is 0 Å². The van der Waals surface area contributed by atoms with Crippen LogP contribution in [0.1, 0.15) is 47.4 Å². The van der Waals surface area contributed by atoms with Gasteiger partial charge in [-0.2, -0.15) is 0 Å². The third kappa shape index (κ3) is 5.49. The van der Waals surface area contributed by atoms with E-state index in [9.17, 15) is 28.5 Å². The van der Waals surface area contributed by atoms with Crippen molar-refractivity contribution >= 4 is 45.3 Å². The van der Waals surface area contributed by atoms with Gasteiger partial charge in [-0.1, -0.05) is 38.1 Å². The minimum atomic E-state index is -1.15. The molecule has 4 rings (SSSR count). The molecule has 0 spiro atoms. The fourth-order valence-electron chi connectivity index (χ4n) is 4.75. The van der Waals surface area contributed by atoms with Gasteiger partial charge in [-0.25, -0.2) is 0 Å². The number of nitrogens with one attached hydrogen (secondary N) is 1. The van der Waals surface area contributed by atoms with E-state index in [1.54, 1.807) is 17.0 Å². The predicted octanol–water partition coefficient (Wildman–Crippen LogP) is 1.87. The van der Waals surface area contributed by atoms with Crippen LogP contribution in [0.4, 0.5) is 0 Å². The lowest BCUT2D eigenvalue weighted by molar-refractivity contribution is -0.141. The Hall–Kier alpha value is -3.11. The van der Waals surface area contributed by atoms with Gasteiger partial charge in [0.25, 0.3) is 11.8 Å². The van der Waals surface area contributed by atoms with Crippen molar-refractivity contribution in [2.75, 3.05) is 31.1 Å². The number of carbonyl (C=O) groups is 4. The fraction of sp³-hybridized carbons (Fsp3) is 0.462. The van der Waals surface area contributed by atoms with Crippen LogP contribution in [-0.4, -0.2) is 86.0 Å². The number of carbonyl (C=O) groups excluding carboxylic acids is 3. The zero-order valence-corrected chi connectivity index (χ0v) is 21.3. The molecule has 2 aromatic rings. The van der Waals surface area contributed by atoms with E-state index < -0.39 is 40.7 Å². The summed E-state index contributed by atoms with van der Waals surface area (Å²) in [7, 11) is -0.934. The summed E-state index contributed by atoms with van der Waals surface area (Å²) in [5, 5.41) is 14.5. The molecule has 2 aliphatic heterocycles. The molecule has 0 saturated carbocycles. The first-order chi connectivity index (χ1) is 17.2. The molecule has 0 bridgehead atoms. The lowest BCUT2D eigenvalue weighted by atomic mass is 10.0. The minimum absolute atomic E-state index is 0.0355. The summed E-state index contributed by atoms with van der Waals surface area (Å²) in [6.07, 6.45) is 0.397. The average Bonchev–Trinajstić information content (AvgIpc) is 3.08. The maximum atomic E-state index is 13.2. The van der Waals surface area contributed by atoms with E-state index >= 15 is 0 Å². The molecule has 0 unspecified atom stereocenters.